The molecule has 118 valence electrons. The van der Waals surface area contributed by atoms with Crippen molar-refractivity contribution in [3.8, 4) is 5.88 Å². The van der Waals surface area contributed by atoms with Gasteiger partial charge in [0.1, 0.15) is 5.69 Å². The van der Waals surface area contributed by atoms with Gasteiger partial charge in [0.2, 0.25) is 5.88 Å². The minimum absolute atomic E-state index is 0.0149. The minimum atomic E-state index is -4.59. The van der Waals surface area contributed by atoms with Gasteiger partial charge in [0.15, 0.2) is 5.84 Å². The summed E-state index contributed by atoms with van der Waals surface area (Å²) in [7, 11) is 0. The van der Waals surface area contributed by atoms with E-state index in [9.17, 15) is 13.2 Å². The quantitative estimate of drug-likeness (QED) is 0.379. The molecule has 1 aromatic heterocycles. The van der Waals surface area contributed by atoms with Crippen LogP contribution in [0.2, 0.25) is 0 Å². The van der Waals surface area contributed by atoms with E-state index in [0.29, 0.717) is 12.3 Å². The van der Waals surface area contributed by atoms with Crippen molar-refractivity contribution in [1.82, 2.24) is 4.98 Å². The summed E-state index contributed by atoms with van der Waals surface area (Å²) in [5, 5.41) is 11.5. The second-order valence-corrected chi connectivity index (χ2v) is 5.09. The van der Waals surface area contributed by atoms with E-state index in [2.05, 4.69) is 10.1 Å². The second kappa shape index (κ2) is 6.64. The van der Waals surface area contributed by atoms with Crippen LogP contribution < -0.4 is 10.5 Å². The van der Waals surface area contributed by atoms with E-state index in [-0.39, 0.29) is 23.4 Å². The second-order valence-electron chi connectivity index (χ2n) is 5.09. The molecule has 0 bridgehead atoms. The van der Waals surface area contributed by atoms with Crippen molar-refractivity contribution in [2.24, 2.45) is 16.8 Å². The summed E-state index contributed by atoms with van der Waals surface area (Å²) in [5.41, 5.74) is 4.35. The summed E-state index contributed by atoms with van der Waals surface area (Å²) in [5.74, 6) is -0.352. The zero-order chi connectivity index (χ0) is 16.2. The predicted octanol–water partition coefficient (Wildman–Crippen LogP) is 3.01. The molecule has 0 aliphatic rings. The van der Waals surface area contributed by atoms with Crippen molar-refractivity contribution in [2.45, 2.75) is 39.5 Å². The van der Waals surface area contributed by atoms with Crippen LogP contribution in [0.3, 0.4) is 0 Å². The van der Waals surface area contributed by atoms with Crippen molar-refractivity contribution in [1.29, 1.82) is 0 Å². The molecule has 0 amide bonds. The summed E-state index contributed by atoms with van der Waals surface area (Å²) in [4.78, 5) is 3.44. The number of pyridine rings is 1. The predicted molar refractivity (Wildman–Crippen MR) is 71.3 cm³/mol. The molecule has 1 heterocycles. The van der Waals surface area contributed by atoms with Gasteiger partial charge >= 0.3 is 6.18 Å². The fourth-order valence-corrected chi connectivity index (χ4v) is 1.84. The Hall–Kier alpha value is -1.99. The van der Waals surface area contributed by atoms with E-state index >= 15 is 0 Å². The molecule has 0 saturated carbocycles. The summed E-state index contributed by atoms with van der Waals surface area (Å²) in [6.45, 7) is 5.64. The Morgan fingerprint density at radius 3 is 2.48 bits per heavy atom. The van der Waals surface area contributed by atoms with E-state index in [1.54, 1.807) is 6.92 Å². The van der Waals surface area contributed by atoms with Crippen LogP contribution in [0.15, 0.2) is 17.3 Å². The maximum Gasteiger partial charge on any atom is 0.433 e. The fraction of sp³-hybridized carbons (Fsp3) is 0.538. The molecule has 1 aromatic rings. The monoisotopic (exact) mass is 305 g/mol. The first-order valence-electron chi connectivity index (χ1n) is 6.38. The highest BCUT2D eigenvalue weighted by Gasteiger charge is 2.33. The molecule has 0 aromatic carbocycles. The highest BCUT2D eigenvalue weighted by atomic mass is 19.4. The molecule has 1 atom stereocenters. The maximum absolute atomic E-state index is 12.7. The Labute approximate surface area is 120 Å². The number of nitrogens with zero attached hydrogens (tertiary/aromatic N) is 2. The number of oxime groups is 1. The minimum Gasteiger partial charge on any atom is -0.474 e. The molecule has 0 saturated heterocycles. The van der Waals surface area contributed by atoms with Gasteiger partial charge in [0, 0.05) is 0 Å². The molecule has 3 N–H and O–H groups in total. The summed E-state index contributed by atoms with van der Waals surface area (Å²) in [6, 6.07) is 1.83. The number of nitrogens with two attached hydrogens (primary N) is 1. The van der Waals surface area contributed by atoms with E-state index in [1.807, 2.05) is 13.8 Å². The first-order chi connectivity index (χ1) is 9.65. The van der Waals surface area contributed by atoms with Crippen molar-refractivity contribution in [2.75, 3.05) is 0 Å². The normalized spacial score (nSPS) is 14.3. The zero-order valence-corrected chi connectivity index (χ0v) is 12.0. The largest absolute Gasteiger partial charge is 0.474 e. The average Bonchev–Trinajstić information content (AvgIpc) is 2.35. The third kappa shape index (κ3) is 4.80. The van der Waals surface area contributed by atoms with Gasteiger partial charge in [-0.15, -0.1) is 0 Å². The van der Waals surface area contributed by atoms with Gasteiger partial charge < -0.3 is 15.7 Å². The first kappa shape index (κ1) is 17.1. The Morgan fingerprint density at radius 1 is 1.38 bits per heavy atom. The first-order valence-corrected chi connectivity index (χ1v) is 6.38. The van der Waals surface area contributed by atoms with Gasteiger partial charge in [-0.05, 0) is 31.4 Å². The molecule has 5 nitrogen and oxygen atoms in total. The van der Waals surface area contributed by atoms with E-state index in [0.717, 1.165) is 12.1 Å². The third-order valence-corrected chi connectivity index (χ3v) is 2.65. The molecule has 1 unspecified atom stereocenters. The van der Waals surface area contributed by atoms with E-state index < -0.39 is 11.9 Å². The van der Waals surface area contributed by atoms with Crippen LogP contribution in [0.25, 0.3) is 0 Å². The number of halogens is 3. The van der Waals surface area contributed by atoms with Gasteiger partial charge in [-0.1, -0.05) is 19.0 Å². The average molecular weight is 305 g/mol. The van der Waals surface area contributed by atoms with Crippen molar-refractivity contribution in [3.63, 3.8) is 0 Å². The topological polar surface area (TPSA) is 80.7 Å². The lowest BCUT2D eigenvalue weighted by molar-refractivity contribution is -0.141. The van der Waals surface area contributed by atoms with Gasteiger partial charge in [-0.2, -0.15) is 13.2 Å². The van der Waals surface area contributed by atoms with Crippen LogP contribution >= 0.6 is 0 Å². The standard InChI is InChI=1S/C13H18F3N3O2/c1-7(2)6-8(3)21-12-9(11(17)19-20)4-5-10(18-12)13(14,15)16/h4-5,7-8,20H,6H2,1-3H3,(H2,17,19). The number of hydrogen-bond donors (Lipinski definition) is 2. The van der Waals surface area contributed by atoms with Crippen LogP contribution in [0.4, 0.5) is 13.2 Å². The Kier molecular flexibility index (Phi) is 5.40. The van der Waals surface area contributed by atoms with Crippen molar-refractivity contribution in [3.05, 3.63) is 23.4 Å². The molecular formula is C13H18F3N3O2. The molecular weight excluding hydrogens is 287 g/mol. The van der Waals surface area contributed by atoms with Gasteiger partial charge in [0.05, 0.1) is 11.7 Å². The highest BCUT2D eigenvalue weighted by molar-refractivity contribution is 5.99. The van der Waals surface area contributed by atoms with Gasteiger partial charge in [0.25, 0.3) is 0 Å². The third-order valence-electron chi connectivity index (χ3n) is 2.65. The molecule has 21 heavy (non-hydrogen) atoms. The van der Waals surface area contributed by atoms with Gasteiger partial charge in [-0.25, -0.2) is 4.98 Å². The molecule has 0 spiro atoms. The van der Waals surface area contributed by atoms with E-state index in [1.165, 1.54) is 0 Å². The number of ether oxygens (including phenoxy) is 1. The lowest BCUT2D eigenvalue weighted by atomic mass is 10.1. The summed E-state index contributed by atoms with van der Waals surface area (Å²) in [6.07, 6.45) is -4.32. The van der Waals surface area contributed by atoms with Gasteiger partial charge in [-0.3, -0.25) is 0 Å². The lowest BCUT2D eigenvalue weighted by Gasteiger charge is -2.18. The Bertz CT molecular complexity index is 516. The summed E-state index contributed by atoms with van der Waals surface area (Å²) < 4.78 is 43.5. The van der Waals surface area contributed by atoms with Crippen LogP contribution in [0, 0.1) is 5.92 Å². The van der Waals surface area contributed by atoms with Crippen LogP contribution in [0.5, 0.6) is 5.88 Å². The fourth-order valence-electron chi connectivity index (χ4n) is 1.84. The number of amidine groups is 1. The maximum atomic E-state index is 12.7. The molecule has 0 radical (unpaired) electrons. The SMILES string of the molecule is CC(C)CC(C)Oc1nc(C(F)(F)F)ccc1C(N)=NO. The number of alkyl halides is 3. The molecule has 0 aliphatic heterocycles. The highest BCUT2D eigenvalue weighted by Crippen LogP contribution is 2.30. The van der Waals surface area contributed by atoms with Crippen LogP contribution in [0.1, 0.15) is 38.4 Å². The van der Waals surface area contributed by atoms with Crippen LogP contribution in [-0.4, -0.2) is 22.1 Å². The number of aromatic nitrogens is 1. The lowest BCUT2D eigenvalue weighted by Crippen LogP contribution is -2.22. The smallest absolute Gasteiger partial charge is 0.433 e. The molecule has 8 heteroatoms. The summed E-state index contributed by atoms with van der Waals surface area (Å²) >= 11 is 0. The van der Waals surface area contributed by atoms with Crippen LogP contribution in [-0.2, 0) is 6.18 Å². The molecule has 0 fully saturated rings. The van der Waals surface area contributed by atoms with Crippen molar-refractivity contribution < 1.29 is 23.1 Å². The number of rotatable bonds is 5. The van der Waals surface area contributed by atoms with Crippen molar-refractivity contribution >= 4 is 5.84 Å². The number of hydrogen-bond acceptors (Lipinski definition) is 4. The molecule has 0 aliphatic carbocycles. The zero-order valence-electron chi connectivity index (χ0n) is 12.0. The Morgan fingerprint density at radius 2 is 2.00 bits per heavy atom. The Balaban J connectivity index is 3.17. The molecule has 1 rings (SSSR count). The van der Waals surface area contributed by atoms with E-state index in [4.69, 9.17) is 15.7 Å².